The Morgan fingerprint density at radius 2 is 1.70 bits per heavy atom. The van der Waals surface area contributed by atoms with Gasteiger partial charge in [-0.1, -0.05) is 30.3 Å². The summed E-state index contributed by atoms with van der Waals surface area (Å²) in [5, 5.41) is 7.50. The van der Waals surface area contributed by atoms with Crippen molar-refractivity contribution in [3.8, 4) is 11.5 Å². The number of aryl methyl sites for hydroxylation is 2. The van der Waals surface area contributed by atoms with Crippen molar-refractivity contribution in [2.24, 2.45) is 11.8 Å². The van der Waals surface area contributed by atoms with E-state index in [1.807, 2.05) is 42.6 Å². The number of anilines is 1. The lowest BCUT2D eigenvalue weighted by Crippen LogP contribution is -2.49. The first-order valence-electron chi connectivity index (χ1n) is 15.2. The number of carbonyl (C=O) groups excluding carboxylic acids is 2. The second-order valence-corrected chi connectivity index (χ2v) is 11.7. The lowest BCUT2D eigenvalue weighted by molar-refractivity contribution is -0.130. The number of carbonyl (C=O) groups is 2. The summed E-state index contributed by atoms with van der Waals surface area (Å²) in [5.74, 6) is 0.677. The number of fused-ring (bicyclic) bond motifs is 2. The summed E-state index contributed by atoms with van der Waals surface area (Å²) in [7, 11) is 3.24. The molecule has 2 amide bonds. The van der Waals surface area contributed by atoms with Crippen molar-refractivity contribution in [1.82, 2.24) is 15.2 Å². The van der Waals surface area contributed by atoms with Gasteiger partial charge in [-0.3, -0.25) is 14.5 Å². The normalized spacial score (nSPS) is 18.3. The number of aromatic amines is 1. The van der Waals surface area contributed by atoms with Gasteiger partial charge in [-0.05, 0) is 84.7 Å². The third-order valence-corrected chi connectivity index (χ3v) is 8.86. The zero-order chi connectivity index (χ0) is 29.8. The van der Waals surface area contributed by atoms with Crippen LogP contribution in [0.1, 0.15) is 35.1 Å². The maximum Gasteiger partial charge on any atom is 0.228 e. The molecule has 0 radical (unpaired) electrons. The molecule has 4 aromatic rings. The van der Waals surface area contributed by atoms with Crippen molar-refractivity contribution < 1.29 is 19.1 Å². The molecular weight excluding hydrogens is 540 g/mol. The number of aromatic nitrogens is 1. The fourth-order valence-corrected chi connectivity index (χ4v) is 6.63. The molecule has 2 aliphatic rings. The fourth-order valence-electron chi connectivity index (χ4n) is 6.63. The van der Waals surface area contributed by atoms with Gasteiger partial charge in [0.25, 0.3) is 0 Å². The number of rotatable bonds is 10. The van der Waals surface area contributed by atoms with E-state index in [4.69, 9.17) is 9.47 Å². The molecule has 3 aromatic carbocycles. The number of para-hydroxylation sites is 1. The quantitative estimate of drug-likeness (QED) is 0.242. The van der Waals surface area contributed by atoms with Crippen molar-refractivity contribution in [3.63, 3.8) is 0 Å². The van der Waals surface area contributed by atoms with E-state index in [0.717, 1.165) is 42.5 Å². The number of benzene rings is 3. The molecule has 0 unspecified atom stereocenters. The van der Waals surface area contributed by atoms with Crippen molar-refractivity contribution in [3.05, 3.63) is 89.1 Å². The summed E-state index contributed by atoms with van der Waals surface area (Å²) in [6, 6.07) is 20.3. The van der Waals surface area contributed by atoms with Gasteiger partial charge in [0.1, 0.15) is 0 Å². The number of hydrogen-bond donors (Lipinski definition) is 3. The Kier molecular flexibility index (Phi) is 8.65. The van der Waals surface area contributed by atoms with Crippen LogP contribution in [0.25, 0.3) is 10.9 Å². The molecule has 1 aliphatic carbocycles. The number of nitrogens with zero attached hydrogens (tertiary/aromatic N) is 1. The molecule has 0 bridgehead atoms. The Bertz CT molecular complexity index is 1610. The Hall–Kier alpha value is -4.30. The van der Waals surface area contributed by atoms with Gasteiger partial charge < -0.3 is 25.1 Å². The van der Waals surface area contributed by atoms with E-state index in [9.17, 15) is 9.59 Å². The van der Waals surface area contributed by atoms with Gasteiger partial charge in [-0.15, -0.1) is 0 Å². The Labute approximate surface area is 252 Å². The molecule has 8 heteroatoms. The van der Waals surface area contributed by atoms with Crippen molar-refractivity contribution in [2.45, 2.75) is 38.6 Å². The van der Waals surface area contributed by atoms with Gasteiger partial charge in [0, 0.05) is 49.0 Å². The number of likely N-dealkylation sites (tertiary alicyclic amines) is 1. The third-order valence-electron chi connectivity index (χ3n) is 8.86. The SMILES string of the molecule is COc1ccc(CN2C[C@@H](C(=O)NCCc3c[nH]c4ccccc34)C[C@@H](C(=O)Nc3ccc4c(c3)CCC4)C2)cc1OC. The molecule has 43 heavy (non-hydrogen) atoms. The first kappa shape index (κ1) is 28.8. The highest BCUT2D eigenvalue weighted by atomic mass is 16.5. The van der Waals surface area contributed by atoms with Gasteiger partial charge in [0.05, 0.1) is 26.1 Å². The number of ether oxygens (including phenoxy) is 2. The smallest absolute Gasteiger partial charge is 0.228 e. The minimum absolute atomic E-state index is 0.00724. The molecule has 1 aromatic heterocycles. The van der Waals surface area contributed by atoms with Crippen LogP contribution in [0.3, 0.4) is 0 Å². The first-order chi connectivity index (χ1) is 21.0. The molecule has 2 heterocycles. The molecule has 8 nitrogen and oxygen atoms in total. The van der Waals surface area contributed by atoms with Crippen molar-refractivity contribution in [2.75, 3.05) is 39.2 Å². The molecule has 224 valence electrons. The standard InChI is InChI=1S/C35H40N4O4/c1-42-32-13-10-23(16-33(32)43-2)20-39-21-27(34(40)36-15-14-26-19-37-31-9-4-3-8-30(26)31)17-28(22-39)35(41)38-29-12-11-24-6-5-7-25(24)18-29/h3-4,8-13,16,18-19,27-28,37H,5-7,14-15,17,20-22H2,1-2H3,(H,36,40)(H,38,41)/t27-,28+/m0/s1. The summed E-state index contributed by atoms with van der Waals surface area (Å²) in [5.41, 5.74) is 6.85. The Morgan fingerprint density at radius 3 is 2.53 bits per heavy atom. The second kappa shape index (κ2) is 12.9. The summed E-state index contributed by atoms with van der Waals surface area (Å²) in [6.45, 7) is 2.29. The van der Waals surface area contributed by atoms with E-state index in [2.05, 4.69) is 44.8 Å². The fraction of sp³-hybridized carbons (Fsp3) is 0.371. The maximum absolute atomic E-state index is 13.6. The van der Waals surface area contributed by atoms with Crippen LogP contribution in [0.2, 0.25) is 0 Å². The van der Waals surface area contributed by atoms with Crippen LogP contribution in [-0.4, -0.2) is 55.6 Å². The number of methoxy groups -OCH3 is 2. The van der Waals surface area contributed by atoms with Crippen LogP contribution in [0.5, 0.6) is 11.5 Å². The minimum Gasteiger partial charge on any atom is -0.493 e. The Morgan fingerprint density at radius 1 is 0.907 bits per heavy atom. The highest BCUT2D eigenvalue weighted by Gasteiger charge is 2.35. The molecule has 0 saturated carbocycles. The lowest BCUT2D eigenvalue weighted by atomic mass is 9.87. The van der Waals surface area contributed by atoms with E-state index in [0.29, 0.717) is 44.1 Å². The number of piperidine rings is 1. The first-order valence-corrected chi connectivity index (χ1v) is 15.2. The van der Waals surface area contributed by atoms with Gasteiger partial charge in [0.15, 0.2) is 11.5 Å². The van der Waals surface area contributed by atoms with Crippen LogP contribution < -0.4 is 20.1 Å². The van der Waals surface area contributed by atoms with Crippen LogP contribution in [-0.2, 0) is 35.4 Å². The second-order valence-electron chi connectivity index (χ2n) is 11.7. The van der Waals surface area contributed by atoms with Crippen LogP contribution in [0.4, 0.5) is 5.69 Å². The molecular formula is C35H40N4O4. The summed E-state index contributed by atoms with van der Waals surface area (Å²) in [6.07, 6.45) is 6.59. The molecule has 1 saturated heterocycles. The van der Waals surface area contributed by atoms with Gasteiger partial charge in [-0.25, -0.2) is 0 Å². The van der Waals surface area contributed by atoms with Crippen LogP contribution in [0, 0.1) is 11.8 Å². The molecule has 6 rings (SSSR count). The number of amides is 2. The topological polar surface area (TPSA) is 95.7 Å². The van der Waals surface area contributed by atoms with Gasteiger partial charge >= 0.3 is 0 Å². The van der Waals surface area contributed by atoms with Crippen molar-refractivity contribution >= 4 is 28.4 Å². The van der Waals surface area contributed by atoms with E-state index >= 15 is 0 Å². The average molecular weight is 581 g/mol. The highest BCUT2D eigenvalue weighted by molar-refractivity contribution is 5.93. The zero-order valence-corrected chi connectivity index (χ0v) is 24.9. The largest absolute Gasteiger partial charge is 0.493 e. The highest BCUT2D eigenvalue weighted by Crippen LogP contribution is 2.31. The molecule has 0 spiro atoms. The zero-order valence-electron chi connectivity index (χ0n) is 24.9. The molecule has 1 fully saturated rings. The summed E-state index contributed by atoms with van der Waals surface area (Å²) < 4.78 is 10.9. The molecule has 2 atom stereocenters. The van der Waals surface area contributed by atoms with Crippen LogP contribution in [0.15, 0.2) is 66.9 Å². The minimum atomic E-state index is -0.313. The van der Waals surface area contributed by atoms with Crippen molar-refractivity contribution in [1.29, 1.82) is 0 Å². The average Bonchev–Trinajstić information content (AvgIpc) is 3.67. The van der Waals surface area contributed by atoms with Gasteiger partial charge in [0.2, 0.25) is 11.8 Å². The van der Waals surface area contributed by atoms with Crippen LogP contribution >= 0.6 is 0 Å². The molecule has 1 aliphatic heterocycles. The summed E-state index contributed by atoms with van der Waals surface area (Å²) >= 11 is 0. The van der Waals surface area contributed by atoms with E-state index in [1.54, 1.807) is 14.2 Å². The number of hydrogen-bond acceptors (Lipinski definition) is 5. The van der Waals surface area contributed by atoms with E-state index in [-0.39, 0.29) is 23.7 Å². The summed E-state index contributed by atoms with van der Waals surface area (Å²) in [4.78, 5) is 32.6. The predicted molar refractivity (Wildman–Crippen MR) is 169 cm³/mol. The number of nitrogens with one attached hydrogen (secondary N) is 3. The monoisotopic (exact) mass is 580 g/mol. The predicted octanol–water partition coefficient (Wildman–Crippen LogP) is 5.11. The lowest BCUT2D eigenvalue weighted by Gasteiger charge is -2.36. The number of H-pyrrole nitrogens is 1. The maximum atomic E-state index is 13.6. The van der Waals surface area contributed by atoms with E-state index in [1.165, 1.54) is 22.1 Å². The third kappa shape index (κ3) is 6.54. The molecule has 3 N–H and O–H groups in total. The van der Waals surface area contributed by atoms with Gasteiger partial charge in [-0.2, -0.15) is 0 Å². The van der Waals surface area contributed by atoms with E-state index < -0.39 is 0 Å². The Balaban J connectivity index is 1.15.